The molecule has 0 unspecified atom stereocenters. The van der Waals surface area contributed by atoms with Gasteiger partial charge in [0.15, 0.2) is 0 Å². The minimum Gasteiger partial charge on any atom is -0.496 e. The average Bonchev–Trinajstić information content (AvgIpc) is 2.48. The SMILES string of the molecule is COc1ccc(Br)cc1CNCc1cccc(CCl)c1. The summed E-state index contributed by atoms with van der Waals surface area (Å²) >= 11 is 9.33. The number of ether oxygens (including phenoxy) is 1. The van der Waals surface area contributed by atoms with Gasteiger partial charge in [0.25, 0.3) is 0 Å². The lowest BCUT2D eigenvalue weighted by molar-refractivity contribution is 0.407. The van der Waals surface area contributed by atoms with Crippen molar-refractivity contribution in [2.45, 2.75) is 19.0 Å². The molecule has 2 rings (SSSR count). The van der Waals surface area contributed by atoms with Gasteiger partial charge < -0.3 is 10.1 Å². The van der Waals surface area contributed by atoms with Crippen LogP contribution in [-0.2, 0) is 19.0 Å². The summed E-state index contributed by atoms with van der Waals surface area (Å²) in [5.74, 6) is 1.45. The topological polar surface area (TPSA) is 21.3 Å². The molecule has 2 aromatic rings. The van der Waals surface area contributed by atoms with Crippen molar-refractivity contribution in [1.29, 1.82) is 0 Å². The summed E-state index contributed by atoms with van der Waals surface area (Å²) in [5, 5.41) is 3.43. The second-order valence-corrected chi connectivity index (χ2v) is 5.70. The van der Waals surface area contributed by atoms with Crippen molar-refractivity contribution in [3.63, 3.8) is 0 Å². The summed E-state index contributed by atoms with van der Waals surface area (Å²) in [7, 11) is 1.69. The second-order valence-electron chi connectivity index (χ2n) is 4.51. The lowest BCUT2D eigenvalue weighted by Crippen LogP contribution is -2.13. The predicted molar refractivity (Wildman–Crippen MR) is 87.2 cm³/mol. The van der Waals surface area contributed by atoms with Crippen molar-refractivity contribution in [3.05, 3.63) is 63.6 Å². The zero-order valence-electron chi connectivity index (χ0n) is 11.3. The van der Waals surface area contributed by atoms with Crippen molar-refractivity contribution in [3.8, 4) is 5.75 Å². The monoisotopic (exact) mass is 353 g/mol. The minimum absolute atomic E-state index is 0.549. The number of rotatable bonds is 6. The van der Waals surface area contributed by atoms with Gasteiger partial charge in [0.05, 0.1) is 7.11 Å². The molecule has 0 saturated heterocycles. The maximum atomic E-state index is 5.84. The molecule has 0 saturated carbocycles. The molecule has 0 fully saturated rings. The van der Waals surface area contributed by atoms with E-state index in [0.29, 0.717) is 5.88 Å². The summed E-state index contributed by atoms with van der Waals surface area (Å²) in [5.41, 5.74) is 3.51. The number of methoxy groups -OCH3 is 1. The van der Waals surface area contributed by atoms with Crippen LogP contribution in [0.1, 0.15) is 16.7 Å². The lowest BCUT2D eigenvalue weighted by atomic mass is 10.1. The molecule has 0 aromatic heterocycles. The molecule has 0 aliphatic carbocycles. The van der Waals surface area contributed by atoms with Crippen LogP contribution in [-0.4, -0.2) is 7.11 Å². The fourth-order valence-electron chi connectivity index (χ4n) is 2.05. The van der Waals surface area contributed by atoms with Gasteiger partial charge in [-0.05, 0) is 29.3 Å². The molecule has 2 aromatic carbocycles. The van der Waals surface area contributed by atoms with E-state index < -0.39 is 0 Å². The van der Waals surface area contributed by atoms with Crippen molar-refractivity contribution in [2.24, 2.45) is 0 Å². The normalized spacial score (nSPS) is 10.6. The Labute approximate surface area is 133 Å². The molecule has 4 heteroatoms. The summed E-state index contributed by atoms with van der Waals surface area (Å²) in [6, 6.07) is 14.3. The van der Waals surface area contributed by atoms with Crippen LogP contribution in [0.4, 0.5) is 0 Å². The van der Waals surface area contributed by atoms with E-state index in [1.165, 1.54) is 5.56 Å². The van der Waals surface area contributed by atoms with Gasteiger partial charge in [-0.3, -0.25) is 0 Å². The third-order valence-corrected chi connectivity index (χ3v) is 3.83. The maximum Gasteiger partial charge on any atom is 0.123 e. The minimum atomic E-state index is 0.549. The van der Waals surface area contributed by atoms with E-state index in [1.54, 1.807) is 7.11 Å². The van der Waals surface area contributed by atoms with E-state index in [2.05, 4.69) is 39.4 Å². The van der Waals surface area contributed by atoms with Crippen molar-refractivity contribution < 1.29 is 4.74 Å². The van der Waals surface area contributed by atoms with Crippen LogP contribution in [0.5, 0.6) is 5.75 Å². The zero-order valence-corrected chi connectivity index (χ0v) is 13.7. The molecule has 0 atom stereocenters. The lowest BCUT2D eigenvalue weighted by Gasteiger charge is -2.10. The number of hydrogen-bond acceptors (Lipinski definition) is 2. The van der Waals surface area contributed by atoms with Gasteiger partial charge in [0.2, 0.25) is 0 Å². The van der Waals surface area contributed by atoms with Crippen LogP contribution in [0.3, 0.4) is 0 Å². The van der Waals surface area contributed by atoms with E-state index in [4.69, 9.17) is 16.3 Å². The van der Waals surface area contributed by atoms with Gasteiger partial charge in [-0.2, -0.15) is 0 Å². The van der Waals surface area contributed by atoms with E-state index in [-0.39, 0.29) is 0 Å². The third-order valence-electron chi connectivity index (χ3n) is 3.03. The Morgan fingerprint density at radius 2 is 1.90 bits per heavy atom. The Morgan fingerprint density at radius 3 is 2.65 bits per heavy atom. The molecule has 0 spiro atoms. The zero-order chi connectivity index (χ0) is 14.4. The highest BCUT2D eigenvalue weighted by Crippen LogP contribution is 2.22. The van der Waals surface area contributed by atoms with Crippen LogP contribution in [0.25, 0.3) is 0 Å². The first-order valence-corrected chi connectivity index (χ1v) is 7.72. The molecule has 106 valence electrons. The first-order chi connectivity index (χ1) is 9.72. The Bertz CT molecular complexity index is 574. The fraction of sp³-hybridized carbons (Fsp3) is 0.250. The molecule has 0 aliphatic heterocycles. The van der Waals surface area contributed by atoms with Crippen molar-refractivity contribution in [2.75, 3.05) is 7.11 Å². The highest BCUT2D eigenvalue weighted by atomic mass is 79.9. The van der Waals surface area contributed by atoms with Gasteiger partial charge in [0, 0.05) is 29.0 Å². The molecule has 2 nitrogen and oxygen atoms in total. The number of halogens is 2. The van der Waals surface area contributed by atoms with Gasteiger partial charge in [-0.15, -0.1) is 11.6 Å². The highest BCUT2D eigenvalue weighted by Gasteiger charge is 2.03. The Hall–Kier alpha value is -1.03. The van der Waals surface area contributed by atoms with Crippen molar-refractivity contribution in [1.82, 2.24) is 5.32 Å². The predicted octanol–water partition coefficient (Wildman–Crippen LogP) is 4.49. The molecule has 0 amide bonds. The summed E-state index contributed by atoms with van der Waals surface area (Å²) in [6.07, 6.45) is 0. The van der Waals surface area contributed by atoms with E-state index >= 15 is 0 Å². The Balaban J connectivity index is 1.97. The number of hydrogen-bond donors (Lipinski definition) is 1. The number of nitrogens with one attached hydrogen (secondary N) is 1. The molecular formula is C16H17BrClNO. The van der Waals surface area contributed by atoms with Gasteiger partial charge in [0.1, 0.15) is 5.75 Å². The largest absolute Gasteiger partial charge is 0.496 e. The average molecular weight is 355 g/mol. The molecule has 0 aliphatic rings. The van der Waals surface area contributed by atoms with E-state index in [0.717, 1.165) is 34.4 Å². The standard InChI is InChI=1S/C16H17BrClNO/c1-20-16-6-5-15(17)8-14(16)11-19-10-13-4-2-3-12(7-13)9-18/h2-8,19H,9-11H2,1H3. The van der Waals surface area contributed by atoms with Crippen LogP contribution in [0.15, 0.2) is 46.9 Å². The first kappa shape index (κ1) is 15.4. The first-order valence-electron chi connectivity index (χ1n) is 6.40. The van der Waals surface area contributed by atoms with Gasteiger partial charge >= 0.3 is 0 Å². The van der Waals surface area contributed by atoms with E-state index in [1.807, 2.05) is 24.3 Å². The van der Waals surface area contributed by atoms with Crippen LogP contribution in [0.2, 0.25) is 0 Å². The smallest absolute Gasteiger partial charge is 0.123 e. The van der Waals surface area contributed by atoms with Crippen molar-refractivity contribution >= 4 is 27.5 Å². The number of benzene rings is 2. The molecule has 0 radical (unpaired) electrons. The Morgan fingerprint density at radius 1 is 1.10 bits per heavy atom. The third kappa shape index (κ3) is 4.23. The van der Waals surface area contributed by atoms with Gasteiger partial charge in [-0.1, -0.05) is 40.2 Å². The summed E-state index contributed by atoms with van der Waals surface area (Å²) in [6.45, 7) is 1.56. The van der Waals surface area contributed by atoms with Gasteiger partial charge in [-0.25, -0.2) is 0 Å². The van der Waals surface area contributed by atoms with E-state index in [9.17, 15) is 0 Å². The molecular weight excluding hydrogens is 338 g/mol. The van der Waals surface area contributed by atoms with Crippen LogP contribution < -0.4 is 10.1 Å². The molecule has 20 heavy (non-hydrogen) atoms. The molecule has 0 bridgehead atoms. The summed E-state index contributed by atoms with van der Waals surface area (Å²) < 4.78 is 6.42. The molecule has 1 N–H and O–H groups in total. The Kier molecular flexibility index (Phi) is 5.89. The summed E-state index contributed by atoms with van der Waals surface area (Å²) in [4.78, 5) is 0. The van der Waals surface area contributed by atoms with Crippen LogP contribution in [0, 0.1) is 0 Å². The fourth-order valence-corrected chi connectivity index (χ4v) is 2.62. The quantitative estimate of drug-likeness (QED) is 0.772. The maximum absolute atomic E-state index is 5.84. The highest BCUT2D eigenvalue weighted by molar-refractivity contribution is 9.10. The van der Waals surface area contributed by atoms with Crippen LogP contribution >= 0.6 is 27.5 Å². The second kappa shape index (κ2) is 7.67. The number of alkyl halides is 1. The molecule has 0 heterocycles.